The lowest BCUT2D eigenvalue weighted by Gasteiger charge is -2.30. The number of halogens is 1. The fourth-order valence-corrected chi connectivity index (χ4v) is 5.16. The molecule has 160 valence electrons. The maximum Gasteiger partial charge on any atom is 0.265 e. The van der Waals surface area contributed by atoms with E-state index in [0.29, 0.717) is 22.8 Å². The molecular formula is C23H21ClN2O4S. The van der Waals surface area contributed by atoms with Gasteiger partial charge in [-0.15, -0.1) is 0 Å². The maximum absolute atomic E-state index is 13.0. The van der Waals surface area contributed by atoms with Crippen molar-refractivity contribution >= 4 is 38.9 Å². The van der Waals surface area contributed by atoms with Gasteiger partial charge in [-0.1, -0.05) is 29.8 Å². The van der Waals surface area contributed by atoms with Crippen LogP contribution in [0.4, 0.5) is 11.4 Å². The van der Waals surface area contributed by atoms with E-state index in [1.54, 1.807) is 41.3 Å². The lowest BCUT2D eigenvalue weighted by molar-refractivity contribution is 0.0985. The topological polar surface area (TPSA) is 75.7 Å². The number of nitrogens with zero attached hydrogens (tertiary/aromatic N) is 1. The first-order valence-corrected chi connectivity index (χ1v) is 11.6. The van der Waals surface area contributed by atoms with Crippen LogP contribution in [0.15, 0.2) is 71.6 Å². The zero-order valence-electron chi connectivity index (χ0n) is 16.8. The third-order valence-corrected chi connectivity index (χ3v) is 6.77. The van der Waals surface area contributed by atoms with Crippen LogP contribution in [0.3, 0.4) is 0 Å². The highest BCUT2D eigenvalue weighted by molar-refractivity contribution is 7.92. The molecule has 0 aliphatic carbocycles. The molecular weight excluding hydrogens is 436 g/mol. The fourth-order valence-electron chi connectivity index (χ4n) is 3.68. The van der Waals surface area contributed by atoms with Crippen molar-refractivity contribution in [3.05, 3.63) is 82.9 Å². The number of aryl methyl sites for hydroxylation is 1. The Balaban J connectivity index is 1.63. The largest absolute Gasteiger partial charge is 0.495 e. The smallest absolute Gasteiger partial charge is 0.265 e. The summed E-state index contributed by atoms with van der Waals surface area (Å²) >= 11 is 5.99. The highest BCUT2D eigenvalue weighted by Crippen LogP contribution is 2.33. The Morgan fingerprint density at radius 1 is 1.06 bits per heavy atom. The first-order chi connectivity index (χ1) is 14.9. The number of amides is 1. The second-order valence-electron chi connectivity index (χ2n) is 7.17. The fraction of sp³-hybridized carbons (Fsp3) is 0.174. The van der Waals surface area contributed by atoms with Gasteiger partial charge in [-0.3, -0.25) is 9.52 Å². The average Bonchev–Trinajstić information content (AvgIpc) is 2.78. The van der Waals surface area contributed by atoms with Crippen molar-refractivity contribution in [3.8, 4) is 5.75 Å². The van der Waals surface area contributed by atoms with Gasteiger partial charge in [0.2, 0.25) is 0 Å². The Morgan fingerprint density at radius 2 is 1.84 bits per heavy atom. The van der Waals surface area contributed by atoms with Gasteiger partial charge in [-0.2, -0.15) is 0 Å². The molecule has 0 saturated carbocycles. The van der Waals surface area contributed by atoms with E-state index in [9.17, 15) is 13.2 Å². The molecule has 1 N–H and O–H groups in total. The minimum Gasteiger partial charge on any atom is -0.495 e. The monoisotopic (exact) mass is 456 g/mol. The third-order valence-electron chi connectivity index (χ3n) is 5.13. The predicted molar refractivity (Wildman–Crippen MR) is 122 cm³/mol. The quantitative estimate of drug-likeness (QED) is 0.601. The van der Waals surface area contributed by atoms with Crippen molar-refractivity contribution in [2.24, 2.45) is 0 Å². The lowest BCUT2D eigenvalue weighted by atomic mass is 10.00. The van der Waals surface area contributed by atoms with Crippen molar-refractivity contribution in [1.29, 1.82) is 0 Å². The van der Waals surface area contributed by atoms with Crippen molar-refractivity contribution in [2.45, 2.75) is 17.7 Å². The third kappa shape index (κ3) is 4.38. The average molecular weight is 457 g/mol. The summed E-state index contributed by atoms with van der Waals surface area (Å²) in [7, 11) is -2.52. The van der Waals surface area contributed by atoms with Gasteiger partial charge in [-0.05, 0) is 66.9 Å². The highest BCUT2D eigenvalue weighted by Gasteiger charge is 2.25. The molecule has 31 heavy (non-hydrogen) atoms. The normalized spacial score (nSPS) is 13.4. The number of carbonyl (C=O) groups is 1. The molecule has 1 aliphatic rings. The SMILES string of the molecule is COc1ccc(Cl)cc1S(=O)(=O)Nc1ccc2c(c1)CCCN2C(=O)c1ccccc1. The van der Waals surface area contributed by atoms with Gasteiger partial charge in [-0.25, -0.2) is 8.42 Å². The van der Waals surface area contributed by atoms with Crippen LogP contribution in [0.5, 0.6) is 5.75 Å². The number of fused-ring (bicyclic) bond motifs is 1. The van der Waals surface area contributed by atoms with Crippen molar-refractivity contribution in [2.75, 3.05) is 23.3 Å². The number of carbonyl (C=O) groups excluding carboxylic acids is 1. The molecule has 1 heterocycles. The van der Waals surface area contributed by atoms with Crippen LogP contribution in [-0.2, 0) is 16.4 Å². The Kier molecular flexibility index (Phi) is 5.89. The number of hydrogen-bond donors (Lipinski definition) is 1. The standard InChI is InChI=1S/C23H21ClN2O4S/c1-30-21-12-9-18(24)15-22(21)31(28,29)25-19-10-11-20-17(14-19)8-5-13-26(20)23(27)16-6-3-2-4-7-16/h2-4,6-7,9-12,14-15,25H,5,8,13H2,1H3. The molecule has 6 nitrogen and oxygen atoms in total. The van der Waals surface area contributed by atoms with Gasteiger partial charge >= 0.3 is 0 Å². The molecule has 0 spiro atoms. The van der Waals surface area contributed by atoms with Gasteiger partial charge in [0, 0.05) is 28.5 Å². The zero-order chi connectivity index (χ0) is 22.0. The number of hydrogen-bond acceptors (Lipinski definition) is 4. The molecule has 1 aliphatic heterocycles. The van der Waals surface area contributed by atoms with Gasteiger partial charge < -0.3 is 9.64 Å². The molecule has 0 unspecified atom stereocenters. The van der Waals surface area contributed by atoms with Gasteiger partial charge in [0.25, 0.3) is 15.9 Å². The number of anilines is 2. The minimum atomic E-state index is -3.92. The van der Waals surface area contributed by atoms with Crippen molar-refractivity contribution in [3.63, 3.8) is 0 Å². The Morgan fingerprint density at radius 3 is 2.58 bits per heavy atom. The summed E-state index contributed by atoms with van der Waals surface area (Å²) in [5.74, 6) is 0.132. The zero-order valence-corrected chi connectivity index (χ0v) is 18.4. The molecule has 0 fully saturated rings. The van der Waals surface area contributed by atoms with Gasteiger partial charge in [0.05, 0.1) is 7.11 Å². The Bertz CT molecular complexity index is 1230. The summed E-state index contributed by atoms with van der Waals surface area (Å²) in [6.07, 6.45) is 1.55. The Hall–Kier alpha value is -3.03. The van der Waals surface area contributed by atoms with Crippen LogP contribution >= 0.6 is 11.6 Å². The molecule has 3 aromatic rings. The number of nitrogens with one attached hydrogen (secondary N) is 1. The minimum absolute atomic E-state index is 0.0406. The summed E-state index contributed by atoms with van der Waals surface area (Å²) in [5.41, 5.74) is 2.74. The second kappa shape index (κ2) is 8.61. The van der Waals surface area contributed by atoms with Crippen LogP contribution in [0.2, 0.25) is 5.02 Å². The number of benzene rings is 3. The van der Waals surface area contributed by atoms with E-state index in [-0.39, 0.29) is 16.6 Å². The van der Waals surface area contributed by atoms with E-state index in [4.69, 9.17) is 16.3 Å². The maximum atomic E-state index is 13.0. The second-order valence-corrected chi connectivity index (χ2v) is 9.26. The predicted octanol–water partition coefficient (Wildman–Crippen LogP) is 4.74. The van der Waals surface area contributed by atoms with E-state index in [0.717, 1.165) is 24.1 Å². The molecule has 0 radical (unpaired) electrons. The molecule has 3 aromatic carbocycles. The lowest BCUT2D eigenvalue weighted by Crippen LogP contribution is -2.35. The molecule has 0 bridgehead atoms. The molecule has 1 amide bonds. The summed E-state index contributed by atoms with van der Waals surface area (Å²) in [6, 6.07) is 18.7. The van der Waals surface area contributed by atoms with Crippen LogP contribution in [-0.4, -0.2) is 28.0 Å². The van der Waals surface area contributed by atoms with Crippen LogP contribution in [0, 0.1) is 0 Å². The number of ether oxygens (including phenoxy) is 1. The molecule has 8 heteroatoms. The van der Waals surface area contributed by atoms with E-state index >= 15 is 0 Å². The number of methoxy groups -OCH3 is 1. The highest BCUT2D eigenvalue weighted by atomic mass is 35.5. The Labute approximate surface area is 186 Å². The summed E-state index contributed by atoms with van der Waals surface area (Å²) in [5, 5.41) is 0.293. The first-order valence-electron chi connectivity index (χ1n) is 9.75. The molecule has 4 rings (SSSR count). The van der Waals surface area contributed by atoms with E-state index < -0.39 is 10.0 Å². The number of sulfonamides is 1. The molecule has 0 aromatic heterocycles. The van der Waals surface area contributed by atoms with E-state index in [1.807, 2.05) is 18.2 Å². The van der Waals surface area contributed by atoms with E-state index in [2.05, 4.69) is 4.72 Å². The van der Waals surface area contributed by atoms with Crippen molar-refractivity contribution < 1.29 is 17.9 Å². The molecule has 0 saturated heterocycles. The van der Waals surface area contributed by atoms with E-state index in [1.165, 1.54) is 19.2 Å². The van der Waals surface area contributed by atoms with Crippen molar-refractivity contribution in [1.82, 2.24) is 0 Å². The van der Waals surface area contributed by atoms with Crippen LogP contribution < -0.4 is 14.4 Å². The summed E-state index contributed by atoms with van der Waals surface area (Å²) < 4.78 is 33.7. The first kappa shape index (κ1) is 21.2. The van der Waals surface area contributed by atoms with Crippen LogP contribution in [0.25, 0.3) is 0 Å². The summed E-state index contributed by atoms with van der Waals surface area (Å²) in [6.45, 7) is 0.617. The van der Waals surface area contributed by atoms with Crippen LogP contribution in [0.1, 0.15) is 22.3 Å². The van der Waals surface area contributed by atoms with Gasteiger partial charge in [0.15, 0.2) is 0 Å². The van der Waals surface area contributed by atoms with Gasteiger partial charge in [0.1, 0.15) is 10.6 Å². The number of rotatable bonds is 5. The summed E-state index contributed by atoms with van der Waals surface area (Å²) in [4.78, 5) is 14.7. The molecule has 0 atom stereocenters.